The molecule has 1 unspecified atom stereocenters. The van der Waals surface area contributed by atoms with Crippen LogP contribution in [0.4, 0.5) is 0 Å². The first kappa shape index (κ1) is 10.5. The fourth-order valence-corrected chi connectivity index (χ4v) is 1.80. The molecule has 5 N–H and O–H groups in total. The third kappa shape index (κ3) is 3.06. The summed E-state index contributed by atoms with van der Waals surface area (Å²) in [4.78, 5) is 15.2. The van der Waals surface area contributed by atoms with Crippen LogP contribution in [-0.4, -0.2) is 17.0 Å². The minimum absolute atomic E-state index is 0.0929. The minimum Gasteiger partial charge on any atom is -0.481 e. The lowest BCUT2D eigenvalue weighted by Crippen LogP contribution is -2.24. The molecule has 1 rings (SSSR count). The smallest absolute Gasteiger partial charge is 0.305 e. The highest BCUT2D eigenvalue weighted by Crippen LogP contribution is 2.25. The van der Waals surface area contributed by atoms with Gasteiger partial charge in [-0.2, -0.15) is 0 Å². The molecule has 14 heavy (non-hydrogen) atoms. The molecule has 1 aromatic rings. The maximum Gasteiger partial charge on any atom is 0.305 e. The molecular weight excluding hydrogens is 202 g/mol. The van der Waals surface area contributed by atoms with Crippen molar-refractivity contribution in [2.45, 2.75) is 12.5 Å². The number of hydrogen-bond donors (Lipinski definition) is 3. The summed E-state index contributed by atoms with van der Waals surface area (Å²) in [6.45, 7) is 0. The van der Waals surface area contributed by atoms with Crippen molar-refractivity contribution in [3.8, 4) is 0 Å². The summed E-state index contributed by atoms with van der Waals surface area (Å²) in [6, 6.07) is 3.17. The Morgan fingerprint density at radius 3 is 2.79 bits per heavy atom. The Labute approximate surface area is 85.1 Å². The Bertz CT molecular complexity index is 330. The molecule has 6 heteroatoms. The molecule has 0 spiro atoms. The fourth-order valence-electron chi connectivity index (χ4n) is 1.04. The summed E-state index contributed by atoms with van der Waals surface area (Å²) in [5.41, 5.74) is 10.4. The SMILES string of the molecule is NC(N)=NC(CC(=O)O)c1cccs1. The summed E-state index contributed by atoms with van der Waals surface area (Å²) in [6.07, 6.45) is -0.0988. The molecular formula is C8H11N3O2S. The van der Waals surface area contributed by atoms with Crippen molar-refractivity contribution in [1.29, 1.82) is 0 Å². The van der Waals surface area contributed by atoms with Crippen molar-refractivity contribution in [2.24, 2.45) is 16.5 Å². The number of hydrogen-bond acceptors (Lipinski definition) is 3. The normalized spacial score (nSPS) is 12.0. The summed E-state index contributed by atoms with van der Waals surface area (Å²) in [7, 11) is 0. The first-order valence-electron chi connectivity index (χ1n) is 3.93. The van der Waals surface area contributed by atoms with E-state index >= 15 is 0 Å². The lowest BCUT2D eigenvalue weighted by molar-refractivity contribution is -0.137. The fraction of sp³-hybridized carbons (Fsp3) is 0.250. The molecule has 1 atom stereocenters. The molecule has 0 aliphatic rings. The second-order valence-electron chi connectivity index (χ2n) is 2.68. The second kappa shape index (κ2) is 4.61. The molecule has 5 nitrogen and oxygen atoms in total. The van der Waals surface area contributed by atoms with E-state index in [1.54, 1.807) is 0 Å². The quantitative estimate of drug-likeness (QED) is 0.501. The van der Waals surface area contributed by atoms with Crippen molar-refractivity contribution in [3.63, 3.8) is 0 Å². The van der Waals surface area contributed by atoms with Gasteiger partial charge >= 0.3 is 5.97 Å². The molecule has 0 aliphatic heterocycles. The minimum atomic E-state index is -0.923. The molecule has 0 fully saturated rings. The van der Waals surface area contributed by atoms with Crippen LogP contribution in [-0.2, 0) is 4.79 Å². The first-order chi connectivity index (χ1) is 6.59. The van der Waals surface area contributed by atoms with Gasteiger partial charge in [-0.25, -0.2) is 4.99 Å². The number of aliphatic carboxylic acids is 1. The number of nitrogens with two attached hydrogens (primary N) is 2. The number of rotatable bonds is 4. The van der Waals surface area contributed by atoms with Crippen LogP contribution in [0.1, 0.15) is 17.3 Å². The summed E-state index contributed by atoms with van der Waals surface area (Å²) in [5.74, 6) is -1.02. The molecule has 0 bridgehead atoms. The van der Waals surface area contributed by atoms with Crippen LogP contribution < -0.4 is 11.5 Å². The van der Waals surface area contributed by atoms with E-state index in [4.69, 9.17) is 16.6 Å². The van der Waals surface area contributed by atoms with E-state index in [1.165, 1.54) is 11.3 Å². The molecule has 0 aliphatic carbocycles. The van der Waals surface area contributed by atoms with Crippen molar-refractivity contribution in [3.05, 3.63) is 22.4 Å². The van der Waals surface area contributed by atoms with Crippen molar-refractivity contribution >= 4 is 23.3 Å². The maximum atomic E-state index is 10.5. The van der Waals surface area contributed by atoms with Crippen molar-refractivity contribution in [2.75, 3.05) is 0 Å². The number of carbonyl (C=O) groups is 1. The highest BCUT2D eigenvalue weighted by Gasteiger charge is 2.15. The van der Waals surface area contributed by atoms with Gasteiger partial charge in [0.1, 0.15) is 0 Å². The van der Waals surface area contributed by atoms with Crippen LogP contribution in [0.3, 0.4) is 0 Å². The Morgan fingerprint density at radius 1 is 1.64 bits per heavy atom. The number of carboxylic acids is 1. The third-order valence-corrected chi connectivity index (χ3v) is 2.52. The van der Waals surface area contributed by atoms with Crippen LogP contribution in [0.5, 0.6) is 0 Å². The van der Waals surface area contributed by atoms with Gasteiger partial charge in [0, 0.05) is 4.88 Å². The van der Waals surface area contributed by atoms with E-state index in [-0.39, 0.29) is 12.4 Å². The standard InChI is InChI=1S/C8H11N3O2S/c9-8(10)11-5(4-7(12)13)6-2-1-3-14-6/h1-3,5H,4H2,(H,12,13)(H4,9,10,11). The molecule has 0 amide bonds. The summed E-state index contributed by atoms with van der Waals surface area (Å²) < 4.78 is 0. The molecule has 0 aromatic carbocycles. The number of carboxylic acid groups (broad SMARTS) is 1. The molecule has 1 heterocycles. The highest BCUT2D eigenvalue weighted by atomic mass is 32.1. The van der Waals surface area contributed by atoms with E-state index in [2.05, 4.69) is 4.99 Å². The zero-order valence-electron chi connectivity index (χ0n) is 7.38. The predicted octanol–water partition coefficient (Wildman–Crippen LogP) is 0.537. The van der Waals surface area contributed by atoms with E-state index in [1.807, 2.05) is 17.5 Å². The average molecular weight is 213 g/mol. The van der Waals surface area contributed by atoms with Crippen LogP contribution in [0.2, 0.25) is 0 Å². The van der Waals surface area contributed by atoms with Crippen molar-refractivity contribution in [1.82, 2.24) is 0 Å². The second-order valence-corrected chi connectivity index (χ2v) is 3.66. The van der Waals surface area contributed by atoms with E-state index in [0.717, 1.165) is 4.88 Å². The zero-order valence-corrected chi connectivity index (χ0v) is 8.20. The third-order valence-electron chi connectivity index (χ3n) is 1.54. The molecule has 0 saturated heterocycles. The zero-order chi connectivity index (χ0) is 10.6. The highest BCUT2D eigenvalue weighted by molar-refractivity contribution is 7.10. The van der Waals surface area contributed by atoms with Gasteiger partial charge < -0.3 is 16.6 Å². The first-order valence-corrected chi connectivity index (χ1v) is 4.81. The van der Waals surface area contributed by atoms with Gasteiger partial charge in [-0.3, -0.25) is 4.79 Å². The Balaban J connectivity index is 2.83. The van der Waals surface area contributed by atoms with Gasteiger partial charge in [-0.15, -0.1) is 11.3 Å². The van der Waals surface area contributed by atoms with E-state index in [9.17, 15) is 4.79 Å². The predicted molar refractivity (Wildman–Crippen MR) is 55.1 cm³/mol. The van der Waals surface area contributed by atoms with Gasteiger partial charge in [-0.1, -0.05) is 6.07 Å². The van der Waals surface area contributed by atoms with Gasteiger partial charge in [0.15, 0.2) is 5.96 Å². The average Bonchev–Trinajstić information content (AvgIpc) is 2.52. The number of nitrogens with zero attached hydrogens (tertiary/aromatic N) is 1. The lowest BCUT2D eigenvalue weighted by Gasteiger charge is -2.07. The molecule has 1 aromatic heterocycles. The van der Waals surface area contributed by atoms with Crippen molar-refractivity contribution < 1.29 is 9.90 Å². The monoisotopic (exact) mass is 213 g/mol. The largest absolute Gasteiger partial charge is 0.481 e. The van der Waals surface area contributed by atoms with Gasteiger partial charge in [0.05, 0.1) is 12.5 Å². The summed E-state index contributed by atoms with van der Waals surface area (Å²) >= 11 is 1.43. The molecule has 0 saturated carbocycles. The van der Waals surface area contributed by atoms with Gasteiger partial charge in [0.2, 0.25) is 0 Å². The number of guanidine groups is 1. The topological polar surface area (TPSA) is 102 Å². The maximum absolute atomic E-state index is 10.5. The Morgan fingerprint density at radius 2 is 2.36 bits per heavy atom. The van der Waals surface area contributed by atoms with Crippen LogP contribution in [0.15, 0.2) is 22.5 Å². The van der Waals surface area contributed by atoms with Gasteiger partial charge in [0.25, 0.3) is 0 Å². The summed E-state index contributed by atoms with van der Waals surface area (Å²) in [5, 5.41) is 10.5. The van der Waals surface area contributed by atoms with E-state index < -0.39 is 12.0 Å². The Hall–Kier alpha value is -1.56. The van der Waals surface area contributed by atoms with Crippen LogP contribution in [0.25, 0.3) is 0 Å². The van der Waals surface area contributed by atoms with E-state index in [0.29, 0.717) is 0 Å². The van der Waals surface area contributed by atoms with Crippen LogP contribution >= 0.6 is 11.3 Å². The number of aliphatic imine (C=N–C) groups is 1. The Kier molecular flexibility index (Phi) is 3.47. The lowest BCUT2D eigenvalue weighted by atomic mass is 10.2. The number of thiophene rings is 1. The molecule has 76 valence electrons. The van der Waals surface area contributed by atoms with Crippen LogP contribution in [0, 0.1) is 0 Å². The van der Waals surface area contributed by atoms with Gasteiger partial charge in [-0.05, 0) is 11.4 Å². The molecule has 0 radical (unpaired) electrons.